The molecule has 0 aliphatic heterocycles. The smallest absolute Gasteiger partial charge is 0.0701 e. The molecule has 0 spiro atoms. The van der Waals surface area contributed by atoms with Gasteiger partial charge in [-0.2, -0.15) is 0 Å². The summed E-state index contributed by atoms with van der Waals surface area (Å²) in [6.45, 7) is 4.94. The zero-order chi connectivity index (χ0) is 10.4. The number of thiophene rings is 1. The summed E-state index contributed by atoms with van der Waals surface area (Å²) >= 11 is 5.17. The zero-order valence-electron chi connectivity index (χ0n) is 8.55. The average molecular weight is 278 g/mol. The largest absolute Gasteiger partial charge is 0.384 e. The van der Waals surface area contributed by atoms with E-state index in [0.29, 0.717) is 5.92 Å². The van der Waals surface area contributed by atoms with Crippen LogP contribution in [0, 0.1) is 5.92 Å². The first-order valence-electron chi connectivity index (χ1n) is 4.65. The van der Waals surface area contributed by atoms with Gasteiger partial charge in [-0.25, -0.2) is 0 Å². The quantitative estimate of drug-likeness (QED) is 0.864. The predicted octanol–water partition coefficient (Wildman–Crippen LogP) is 2.88. The summed E-state index contributed by atoms with van der Waals surface area (Å²) in [7, 11) is 1.74. The Kier molecular flexibility index (Phi) is 5.70. The number of methoxy groups -OCH3 is 1. The van der Waals surface area contributed by atoms with Gasteiger partial charge in [0.05, 0.1) is 3.79 Å². The molecule has 0 aliphatic carbocycles. The minimum atomic E-state index is 0.571. The Balaban J connectivity index is 2.15. The Morgan fingerprint density at radius 3 is 3.00 bits per heavy atom. The molecule has 0 saturated carbocycles. The lowest BCUT2D eigenvalue weighted by atomic mass is 10.2. The number of hydrogen-bond acceptors (Lipinski definition) is 3. The van der Waals surface area contributed by atoms with E-state index in [4.69, 9.17) is 4.74 Å². The lowest BCUT2D eigenvalue weighted by Gasteiger charge is -2.10. The molecule has 0 saturated heterocycles. The maximum Gasteiger partial charge on any atom is 0.0701 e. The Morgan fingerprint density at radius 2 is 2.43 bits per heavy atom. The number of nitrogens with one attached hydrogen (secondary N) is 1. The van der Waals surface area contributed by atoms with Gasteiger partial charge in [0.25, 0.3) is 0 Å². The molecule has 0 aromatic carbocycles. The second-order valence-electron chi connectivity index (χ2n) is 3.45. The Labute approximate surface area is 97.8 Å². The molecule has 14 heavy (non-hydrogen) atoms. The van der Waals surface area contributed by atoms with Crippen molar-refractivity contribution in [2.24, 2.45) is 5.92 Å². The monoisotopic (exact) mass is 277 g/mol. The van der Waals surface area contributed by atoms with Crippen molar-refractivity contribution < 1.29 is 4.74 Å². The van der Waals surface area contributed by atoms with E-state index in [1.54, 1.807) is 18.4 Å². The SMILES string of the molecule is COCC(C)CNCc1csc(Br)c1. The highest BCUT2D eigenvalue weighted by atomic mass is 79.9. The van der Waals surface area contributed by atoms with Gasteiger partial charge in [0.15, 0.2) is 0 Å². The number of hydrogen-bond donors (Lipinski definition) is 1. The molecule has 4 heteroatoms. The van der Waals surface area contributed by atoms with Crippen LogP contribution >= 0.6 is 27.3 Å². The van der Waals surface area contributed by atoms with Crippen molar-refractivity contribution >= 4 is 27.3 Å². The summed E-state index contributed by atoms with van der Waals surface area (Å²) in [5, 5.41) is 5.57. The maximum atomic E-state index is 5.07. The Morgan fingerprint density at radius 1 is 1.64 bits per heavy atom. The van der Waals surface area contributed by atoms with E-state index in [0.717, 1.165) is 19.7 Å². The van der Waals surface area contributed by atoms with Crippen LogP contribution in [0.2, 0.25) is 0 Å². The van der Waals surface area contributed by atoms with Crippen LogP contribution in [0.25, 0.3) is 0 Å². The van der Waals surface area contributed by atoms with Gasteiger partial charge >= 0.3 is 0 Å². The van der Waals surface area contributed by atoms with E-state index < -0.39 is 0 Å². The second-order valence-corrected chi connectivity index (χ2v) is 5.74. The van der Waals surface area contributed by atoms with E-state index in [1.807, 2.05) is 0 Å². The van der Waals surface area contributed by atoms with Crippen LogP contribution in [0.15, 0.2) is 15.2 Å². The number of ether oxygens (including phenoxy) is 1. The summed E-state index contributed by atoms with van der Waals surface area (Å²) in [6, 6.07) is 2.15. The Bertz CT molecular complexity index is 264. The molecule has 1 atom stereocenters. The second kappa shape index (κ2) is 6.56. The molecule has 0 amide bonds. The standard InChI is InChI=1S/C10H16BrNOS/c1-8(6-13-2)4-12-5-9-3-10(11)14-7-9/h3,7-8,12H,4-6H2,1-2H3. The van der Waals surface area contributed by atoms with Gasteiger partial charge in [-0.05, 0) is 38.9 Å². The highest BCUT2D eigenvalue weighted by Gasteiger charge is 2.01. The van der Waals surface area contributed by atoms with Crippen LogP contribution in [0.4, 0.5) is 0 Å². The first kappa shape index (κ1) is 12.2. The molecule has 1 unspecified atom stereocenters. The van der Waals surface area contributed by atoms with E-state index in [1.165, 1.54) is 9.35 Å². The summed E-state index contributed by atoms with van der Waals surface area (Å²) in [4.78, 5) is 0. The molecule has 1 heterocycles. The fraction of sp³-hybridized carbons (Fsp3) is 0.600. The fourth-order valence-corrected chi connectivity index (χ4v) is 2.45. The highest BCUT2D eigenvalue weighted by Crippen LogP contribution is 2.20. The normalized spacial score (nSPS) is 13.1. The van der Waals surface area contributed by atoms with Crippen molar-refractivity contribution in [1.29, 1.82) is 0 Å². The van der Waals surface area contributed by atoms with Gasteiger partial charge in [0, 0.05) is 26.8 Å². The molecule has 1 aromatic rings. The zero-order valence-corrected chi connectivity index (χ0v) is 11.0. The van der Waals surface area contributed by atoms with E-state index in [-0.39, 0.29) is 0 Å². The molecule has 80 valence electrons. The van der Waals surface area contributed by atoms with Crippen LogP contribution in [0.3, 0.4) is 0 Å². The van der Waals surface area contributed by atoms with Crippen LogP contribution in [-0.2, 0) is 11.3 Å². The van der Waals surface area contributed by atoms with Crippen molar-refractivity contribution in [3.8, 4) is 0 Å². The molecular formula is C10H16BrNOS. The number of halogens is 1. The summed E-state index contributed by atoms with van der Waals surface area (Å²) in [6.07, 6.45) is 0. The van der Waals surface area contributed by atoms with Gasteiger partial charge in [0.2, 0.25) is 0 Å². The fourth-order valence-electron chi connectivity index (χ4n) is 1.24. The topological polar surface area (TPSA) is 21.3 Å². The molecule has 0 radical (unpaired) electrons. The van der Waals surface area contributed by atoms with Crippen LogP contribution in [-0.4, -0.2) is 20.3 Å². The van der Waals surface area contributed by atoms with Gasteiger partial charge in [-0.15, -0.1) is 11.3 Å². The summed E-state index contributed by atoms with van der Waals surface area (Å²) in [5.74, 6) is 0.571. The molecule has 2 nitrogen and oxygen atoms in total. The first-order chi connectivity index (χ1) is 6.72. The lowest BCUT2D eigenvalue weighted by molar-refractivity contribution is 0.158. The maximum absolute atomic E-state index is 5.07. The van der Waals surface area contributed by atoms with E-state index in [2.05, 4.69) is 39.6 Å². The van der Waals surface area contributed by atoms with E-state index in [9.17, 15) is 0 Å². The van der Waals surface area contributed by atoms with Gasteiger partial charge in [0.1, 0.15) is 0 Å². The van der Waals surface area contributed by atoms with Gasteiger partial charge in [-0.1, -0.05) is 6.92 Å². The molecule has 0 bridgehead atoms. The van der Waals surface area contributed by atoms with Crippen molar-refractivity contribution in [3.05, 3.63) is 20.8 Å². The van der Waals surface area contributed by atoms with Gasteiger partial charge < -0.3 is 10.1 Å². The number of rotatable bonds is 6. The highest BCUT2D eigenvalue weighted by molar-refractivity contribution is 9.11. The molecule has 1 aromatic heterocycles. The lowest BCUT2D eigenvalue weighted by Crippen LogP contribution is -2.23. The van der Waals surface area contributed by atoms with E-state index >= 15 is 0 Å². The molecule has 0 aliphatic rings. The predicted molar refractivity (Wildman–Crippen MR) is 64.8 cm³/mol. The third-order valence-electron chi connectivity index (χ3n) is 1.89. The molecule has 1 N–H and O–H groups in total. The first-order valence-corrected chi connectivity index (χ1v) is 6.32. The molecular weight excluding hydrogens is 262 g/mol. The van der Waals surface area contributed by atoms with Crippen LogP contribution in [0.1, 0.15) is 12.5 Å². The molecule has 0 fully saturated rings. The van der Waals surface area contributed by atoms with Crippen molar-refractivity contribution in [2.75, 3.05) is 20.3 Å². The third kappa shape index (κ3) is 4.55. The summed E-state index contributed by atoms with van der Waals surface area (Å²) < 4.78 is 6.26. The molecule has 1 rings (SSSR count). The van der Waals surface area contributed by atoms with Crippen LogP contribution < -0.4 is 5.32 Å². The van der Waals surface area contributed by atoms with Crippen molar-refractivity contribution in [3.63, 3.8) is 0 Å². The van der Waals surface area contributed by atoms with Gasteiger partial charge in [-0.3, -0.25) is 0 Å². The average Bonchev–Trinajstić information content (AvgIpc) is 2.52. The summed E-state index contributed by atoms with van der Waals surface area (Å²) in [5.41, 5.74) is 1.34. The van der Waals surface area contributed by atoms with Crippen LogP contribution in [0.5, 0.6) is 0 Å². The van der Waals surface area contributed by atoms with Crippen molar-refractivity contribution in [1.82, 2.24) is 5.32 Å². The Hall–Kier alpha value is 0.100. The minimum absolute atomic E-state index is 0.571. The minimum Gasteiger partial charge on any atom is -0.384 e. The third-order valence-corrected chi connectivity index (χ3v) is 3.45. The van der Waals surface area contributed by atoms with Crippen molar-refractivity contribution in [2.45, 2.75) is 13.5 Å².